The second-order valence-electron chi connectivity index (χ2n) is 6.59. The zero-order valence-corrected chi connectivity index (χ0v) is 14.6. The molecule has 7 nitrogen and oxygen atoms in total. The maximum atomic E-state index is 4.91. The molecule has 4 rings (SSSR count). The van der Waals surface area contributed by atoms with Gasteiger partial charge in [0.2, 0.25) is 0 Å². The van der Waals surface area contributed by atoms with Crippen LogP contribution in [0.5, 0.6) is 0 Å². The molecule has 0 saturated carbocycles. The summed E-state index contributed by atoms with van der Waals surface area (Å²) in [6.07, 6.45) is 5.14. The predicted octanol–water partition coefficient (Wildman–Crippen LogP) is 2.01. The molecule has 1 saturated heterocycles. The molecule has 1 aliphatic heterocycles. The van der Waals surface area contributed by atoms with Crippen LogP contribution in [0.1, 0.15) is 5.56 Å². The molecule has 7 heteroatoms. The number of rotatable bonds is 4. The summed E-state index contributed by atoms with van der Waals surface area (Å²) >= 11 is 0. The van der Waals surface area contributed by atoms with Crippen molar-refractivity contribution < 1.29 is 4.52 Å². The van der Waals surface area contributed by atoms with Crippen LogP contribution in [0, 0.1) is 0 Å². The maximum absolute atomic E-state index is 4.91. The van der Waals surface area contributed by atoms with Crippen LogP contribution in [-0.4, -0.2) is 60.3 Å². The SMILES string of the molecule is CN(C)c1ncnc2ccc(N3CCN(Cc4cnoc4)CC3)cc12. The molecule has 0 atom stereocenters. The monoisotopic (exact) mass is 338 g/mol. The zero-order chi connectivity index (χ0) is 17.2. The van der Waals surface area contributed by atoms with Gasteiger partial charge in [-0.15, -0.1) is 0 Å². The number of hydrogen-bond donors (Lipinski definition) is 0. The lowest BCUT2D eigenvalue weighted by Crippen LogP contribution is -2.45. The first-order valence-corrected chi connectivity index (χ1v) is 8.48. The maximum Gasteiger partial charge on any atom is 0.139 e. The Morgan fingerprint density at radius 1 is 1.12 bits per heavy atom. The summed E-state index contributed by atoms with van der Waals surface area (Å²) in [7, 11) is 4.02. The second kappa shape index (κ2) is 6.68. The van der Waals surface area contributed by atoms with Crippen molar-refractivity contribution in [1.29, 1.82) is 0 Å². The molecule has 130 valence electrons. The first-order valence-electron chi connectivity index (χ1n) is 8.48. The minimum absolute atomic E-state index is 0.897. The molecule has 3 heterocycles. The van der Waals surface area contributed by atoms with E-state index in [1.165, 1.54) is 5.69 Å². The van der Waals surface area contributed by atoms with Gasteiger partial charge in [0, 0.05) is 63.5 Å². The number of anilines is 2. The average Bonchev–Trinajstić information content (AvgIpc) is 3.14. The van der Waals surface area contributed by atoms with Crippen molar-refractivity contribution in [2.75, 3.05) is 50.1 Å². The first kappa shape index (κ1) is 15.8. The number of aromatic nitrogens is 3. The van der Waals surface area contributed by atoms with Gasteiger partial charge in [0.25, 0.3) is 0 Å². The Bertz CT molecular complexity index is 840. The van der Waals surface area contributed by atoms with Gasteiger partial charge in [0.15, 0.2) is 0 Å². The van der Waals surface area contributed by atoms with Crippen molar-refractivity contribution in [3.8, 4) is 0 Å². The van der Waals surface area contributed by atoms with Gasteiger partial charge in [0.1, 0.15) is 18.4 Å². The fraction of sp³-hybridized carbons (Fsp3) is 0.389. The molecule has 25 heavy (non-hydrogen) atoms. The number of piperazine rings is 1. The van der Waals surface area contributed by atoms with E-state index in [0.717, 1.165) is 55.0 Å². The summed E-state index contributed by atoms with van der Waals surface area (Å²) in [5.41, 5.74) is 3.34. The lowest BCUT2D eigenvalue weighted by molar-refractivity contribution is 0.249. The van der Waals surface area contributed by atoms with Gasteiger partial charge in [-0.1, -0.05) is 5.16 Å². The number of hydrogen-bond acceptors (Lipinski definition) is 7. The molecule has 0 aliphatic carbocycles. The molecule has 1 fully saturated rings. The molecular formula is C18H22N6O. The lowest BCUT2D eigenvalue weighted by Gasteiger charge is -2.36. The first-order chi connectivity index (χ1) is 12.2. The number of nitrogens with zero attached hydrogens (tertiary/aromatic N) is 6. The van der Waals surface area contributed by atoms with E-state index in [1.54, 1.807) is 18.8 Å². The summed E-state index contributed by atoms with van der Waals surface area (Å²) in [6.45, 7) is 4.95. The Morgan fingerprint density at radius 2 is 1.96 bits per heavy atom. The summed E-state index contributed by atoms with van der Waals surface area (Å²) in [5.74, 6) is 0.956. The Morgan fingerprint density at radius 3 is 2.68 bits per heavy atom. The molecule has 0 spiro atoms. The van der Waals surface area contributed by atoms with Crippen LogP contribution < -0.4 is 9.80 Å². The van der Waals surface area contributed by atoms with E-state index >= 15 is 0 Å². The smallest absolute Gasteiger partial charge is 0.139 e. The standard InChI is InChI=1S/C18H22N6O/c1-22(2)18-16-9-15(3-4-17(16)19-13-20-18)24-7-5-23(6-8-24)11-14-10-21-25-12-14/h3-4,9-10,12-13H,5-8,11H2,1-2H3. The lowest BCUT2D eigenvalue weighted by atomic mass is 10.1. The molecule has 0 amide bonds. The minimum Gasteiger partial charge on any atom is -0.369 e. The number of benzene rings is 1. The highest BCUT2D eigenvalue weighted by molar-refractivity contribution is 5.91. The van der Waals surface area contributed by atoms with Gasteiger partial charge in [-0.3, -0.25) is 4.90 Å². The summed E-state index contributed by atoms with van der Waals surface area (Å²) in [6, 6.07) is 6.45. The van der Waals surface area contributed by atoms with Crippen molar-refractivity contribution in [2.24, 2.45) is 0 Å². The third kappa shape index (κ3) is 3.28. The van der Waals surface area contributed by atoms with E-state index in [-0.39, 0.29) is 0 Å². The quantitative estimate of drug-likeness (QED) is 0.721. The Hall–Kier alpha value is -2.67. The molecule has 1 aliphatic rings. The fourth-order valence-electron chi connectivity index (χ4n) is 3.31. The molecule has 0 bridgehead atoms. The normalized spacial score (nSPS) is 15.7. The molecule has 1 aromatic carbocycles. The van der Waals surface area contributed by atoms with Crippen LogP contribution in [0.3, 0.4) is 0 Å². The van der Waals surface area contributed by atoms with Crippen molar-refractivity contribution in [2.45, 2.75) is 6.54 Å². The van der Waals surface area contributed by atoms with Crippen LogP contribution in [0.2, 0.25) is 0 Å². The van der Waals surface area contributed by atoms with Gasteiger partial charge >= 0.3 is 0 Å². The van der Waals surface area contributed by atoms with Crippen LogP contribution in [0.25, 0.3) is 10.9 Å². The third-order valence-corrected chi connectivity index (χ3v) is 4.65. The Labute approximate surface area is 146 Å². The highest BCUT2D eigenvalue weighted by Gasteiger charge is 2.18. The fourth-order valence-corrected chi connectivity index (χ4v) is 3.31. The summed E-state index contributed by atoms with van der Waals surface area (Å²) < 4.78 is 4.91. The van der Waals surface area contributed by atoms with Crippen molar-refractivity contribution >= 4 is 22.4 Å². The Balaban J connectivity index is 1.50. The molecular weight excluding hydrogens is 316 g/mol. The zero-order valence-electron chi connectivity index (χ0n) is 14.6. The predicted molar refractivity (Wildman–Crippen MR) is 97.9 cm³/mol. The molecule has 0 radical (unpaired) electrons. The number of fused-ring (bicyclic) bond motifs is 1. The van der Waals surface area contributed by atoms with Crippen molar-refractivity contribution in [3.05, 3.63) is 42.5 Å². The van der Waals surface area contributed by atoms with E-state index in [2.05, 4.69) is 43.1 Å². The van der Waals surface area contributed by atoms with E-state index in [4.69, 9.17) is 4.52 Å². The van der Waals surface area contributed by atoms with Crippen LogP contribution in [-0.2, 0) is 6.54 Å². The highest BCUT2D eigenvalue weighted by Crippen LogP contribution is 2.27. The molecule has 0 unspecified atom stereocenters. The van der Waals surface area contributed by atoms with E-state index in [1.807, 2.05) is 19.0 Å². The third-order valence-electron chi connectivity index (χ3n) is 4.65. The topological polar surface area (TPSA) is 61.5 Å². The van der Waals surface area contributed by atoms with Gasteiger partial charge in [-0.2, -0.15) is 0 Å². The van der Waals surface area contributed by atoms with Crippen LogP contribution >= 0.6 is 0 Å². The summed E-state index contributed by atoms with van der Waals surface area (Å²) in [4.78, 5) is 15.7. The highest BCUT2D eigenvalue weighted by atomic mass is 16.5. The van der Waals surface area contributed by atoms with Crippen molar-refractivity contribution in [3.63, 3.8) is 0 Å². The Kier molecular flexibility index (Phi) is 4.23. The minimum atomic E-state index is 0.897. The van der Waals surface area contributed by atoms with Gasteiger partial charge in [-0.25, -0.2) is 9.97 Å². The van der Waals surface area contributed by atoms with Crippen molar-refractivity contribution in [1.82, 2.24) is 20.0 Å². The van der Waals surface area contributed by atoms with Gasteiger partial charge < -0.3 is 14.3 Å². The molecule has 2 aromatic heterocycles. The van der Waals surface area contributed by atoms with Crippen LogP contribution in [0.15, 0.2) is 41.5 Å². The molecule has 3 aromatic rings. The van der Waals surface area contributed by atoms with E-state index in [9.17, 15) is 0 Å². The largest absolute Gasteiger partial charge is 0.369 e. The van der Waals surface area contributed by atoms with E-state index < -0.39 is 0 Å². The van der Waals surface area contributed by atoms with Gasteiger partial charge in [0.05, 0.1) is 11.7 Å². The second-order valence-corrected chi connectivity index (χ2v) is 6.59. The average molecular weight is 338 g/mol. The van der Waals surface area contributed by atoms with E-state index in [0.29, 0.717) is 0 Å². The van der Waals surface area contributed by atoms with Gasteiger partial charge in [-0.05, 0) is 18.2 Å². The summed E-state index contributed by atoms with van der Waals surface area (Å²) in [5, 5.41) is 4.87. The van der Waals surface area contributed by atoms with Crippen LogP contribution in [0.4, 0.5) is 11.5 Å². The molecule has 0 N–H and O–H groups in total.